The number of piperazine rings is 1. The fourth-order valence-electron chi connectivity index (χ4n) is 4.13. The topological polar surface area (TPSA) is 58.8 Å². The highest BCUT2D eigenvalue weighted by Crippen LogP contribution is 2.33. The van der Waals surface area contributed by atoms with Crippen LogP contribution in [0.15, 0.2) is 36.4 Å². The van der Waals surface area contributed by atoms with E-state index >= 15 is 0 Å². The van der Waals surface area contributed by atoms with Crippen LogP contribution < -0.4 is 9.64 Å². The third-order valence-corrected chi connectivity index (χ3v) is 6.16. The lowest BCUT2D eigenvalue weighted by atomic mass is 10.1. The zero-order valence-corrected chi connectivity index (χ0v) is 18.7. The van der Waals surface area contributed by atoms with Gasteiger partial charge in [0.2, 0.25) is 0 Å². The Labute approximate surface area is 186 Å². The molecule has 31 heavy (non-hydrogen) atoms. The van der Waals surface area contributed by atoms with Crippen LogP contribution >= 0.6 is 11.6 Å². The average molecular weight is 437 g/mol. The summed E-state index contributed by atoms with van der Waals surface area (Å²) in [7, 11) is 2.16. The van der Waals surface area contributed by atoms with E-state index in [0.29, 0.717) is 17.5 Å². The summed E-state index contributed by atoms with van der Waals surface area (Å²) >= 11 is 6.58. The monoisotopic (exact) mass is 436 g/mol. The van der Waals surface area contributed by atoms with E-state index in [1.807, 2.05) is 32.0 Å². The van der Waals surface area contributed by atoms with E-state index in [-0.39, 0.29) is 0 Å². The molecule has 4 aromatic rings. The Balaban J connectivity index is 1.71. The van der Waals surface area contributed by atoms with E-state index in [4.69, 9.17) is 21.3 Å². The van der Waals surface area contributed by atoms with E-state index in [0.717, 1.165) is 59.9 Å². The van der Waals surface area contributed by atoms with Gasteiger partial charge < -0.3 is 14.5 Å². The van der Waals surface area contributed by atoms with Gasteiger partial charge in [-0.3, -0.25) is 4.40 Å². The smallest absolute Gasteiger partial charge is 0.183 e. The Bertz CT molecular complexity index is 1260. The van der Waals surface area contributed by atoms with Crippen molar-refractivity contribution in [2.24, 2.45) is 0 Å². The Kier molecular flexibility index (Phi) is 5.16. The number of likely N-dealkylation sites (N-methyl/N-ethyl adjacent to an activating group) is 1. The summed E-state index contributed by atoms with van der Waals surface area (Å²) in [5, 5.41) is 9.55. The van der Waals surface area contributed by atoms with E-state index in [9.17, 15) is 0 Å². The van der Waals surface area contributed by atoms with Crippen LogP contribution in [0.3, 0.4) is 0 Å². The molecule has 1 aliphatic heterocycles. The summed E-state index contributed by atoms with van der Waals surface area (Å²) in [6.45, 7) is 8.61. The maximum absolute atomic E-state index is 6.58. The van der Waals surface area contributed by atoms with Gasteiger partial charge in [-0.2, -0.15) is 0 Å². The number of aromatic nitrogens is 4. The van der Waals surface area contributed by atoms with Gasteiger partial charge in [-0.1, -0.05) is 11.6 Å². The third kappa shape index (κ3) is 3.58. The number of benzene rings is 2. The largest absolute Gasteiger partial charge is 0.494 e. The number of anilines is 1. The Hall–Kier alpha value is -2.90. The number of nitrogens with zero attached hydrogens (tertiary/aromatic N) is 6. The molecule has 0 bridgehead atoms. The van der Waals surface area contributed by atoms with Crippen LogP contribution in [0.5, 0.6) is 5.75 Å². The lowest BCUT2D eigenvalue weighted by Crippen LogP contribution is -2.44. The normalized spacial score (nSPS) is 15.2. The summed E-state index contributed by atoms with van der Waals surface area (Å²) in [5.74, 6) is 1.44. The lowest BCUT2D eigenvalue weighted by molar-refractivity contribution is 0.313. The van der Waals surface area contributed by atoms with Crippen molar-refractivity contribution in [1.29, 1.82) is 0 Å². The molecular formula is C23H25ClN6O. The van der Waals surface area contributed by atoms with Crippen molar-refractivity contribution >= 4 is 34.0 Å². The Morgan fingerprint density at radius 1 is 1.03 bits per heavy atom. The minimum absolute atomic E-state index is 0.585. The third-order valence-electron chi connectivity index (χ3n) is 5.83. The fourth-order valence-corrected chi connectivity index (χ4v) is 4.33. The quantitative estimate of drug-likeness (QED) is 0.481. The zero-order chi connectivity index (χ0) is 21.5. The van der Waals surface area contributed by atoms with Gasteiger partial charge in [-0.25, -0.2) is 4.98 Å². The first kappa shape index (κ1) is 20.0. The molecule has 2 aromatic carbocycles. The van der Waals surface area contributed by atoms with Gasteiger partial charge in [-0.15, -0.1) is 10.2 Å². The molecule has 0 aliphatic carbocycles. The number of aryl methyl sites for hydroxylation is 1. The highest BCUT2D eigenvalue weighted by Gasteiger charge is 2.19. The molecule has 5 rings (SSSR count). The average Bonchev–Trinajstić information content (AvgIpc) is 3.22. The van der Waals surface area contributed by atoms with E-state index in [1.54, 1.807) is 0 Å². The lowest BCUT2D eigenvalue weighted by Gasteiger charge is -2.34. The fraction of sp³-hybridized carbons (Fsp3) is 0.348. The molecule has 1 fully saturated rings. The number of halogens is 1. The predicted octanol–water partition coefficient (Wildman–Crippen LogP) is 4.06. The van der Waals surface area contributed by atoms with Crippen molar-refractivity contribution in [3.8, 4) is 17.1 Å². The summed E-state index contributed by atoms with van der Waals surface area (Å²) in [5.41, 5.74) is 5.40. The van der Waals surface area contributed by atoms with Gasteiger partial charge in [0.1, 0.15) is 5.75 Å². The van der Waals surface area contributed by atoms with Crippen LogP contribution in [0, 0.1) is 6.92 Å². The van der Waals surface area contributed by atoms with E-state index in [2.05, 4.69) is 49.6 Å². The Morgan fingerprint density at radius 2 is 1.84 bits per heavy atom. The maximum atomic E-state index is 6.58. The van der Waals surface area contributed by atoms with E-state index in [1.165, 1.54) is 5.69 Å². The van der Waals surface area contributed by atoms with Crippen molar-refractivity contribution < 1.29 is 4.74 Å². The maximum Gasteiger partial charge on any atom is 0.183 e. The molecule has 0 N–H and O–H groups in total. The SMILES string of the molecule is CCOc1ccc(Cl)c(-c2nnc3c(C)nc4ccc(N5CCN(C)CC5)cc4n23)c1. The second-order valence-electron chi connectivity index (χ2n) is 7.92. The standard InChI is InChI=1S/C23H25ClN6O/c1-4-31-17-6-7-19(24)18(14-17)23-27-26-22-15(2)25-20-8-5-16(13-21(20)30(22)23)29-11-9-28(3)10-12-29/h5-8,13-14H,4,9-12H2,1-3H3. The van der Waals surface area contributed by atoms with Gasteiger partial charge in [0.05, 0.1) is 28.4 Å². The van der Waals surface area contributed by atoms with Crippen LogP contribution in [-0.4, -0.2) is 64.3 Å². The zero-order valence-electron chi connectivity index (χ0n) is 18.0. The second-order valence-corrected chi connectivity index (χ2v) is 8.33. The molecule has 7 nitrogen and oxygen atoms in total. The van der Waals surface area contributed by atoms with Crippen molar-refractivity contribution in [2.45, 2.75) is 13.8 Å². The molecule has 0 amide bonds. The molecule has 1 aliphatic rings. The van der Waals surface area contributed by atoms with Crippen LogP contribution in [0.2, 0.25) is 5.02 Å². The van der Waals surface area contributed by atoms with Crippen LogP contribution in [-0.2, 0) is 0 Å². The molecule has 160 valence electrons. The first-order valence-electron chi connectivity index (χ1n) is 10.6. The van der Waals surface area contributed by atoms with Crippen molar-refractivity contribution in [2.75, 3.05) is 44.7 Å². The second kappa shape index (κ2) is 7.98. The van der Waals surface area contributed by atoms with Gasteiger partial charge >= 0.3 is 0 Å². The molecule has 0 saturated carbocycles. The van der Waals surface area contributed by atoms with Crippen molar-refractivity contribution in [3.05, 3.63) is 47.1 Å². The highest BCUT2D eigenvalue weighted by atomic mass is 35.5. The molecule has 1 saturated heterocycles. The molecule has 0 spiro atoms. The summed E-state index contributed by atoms with van der Waals surface area (Å²) in [6, 6.07) is 12.1. The highest BCUT2D eigenvalue weighted by molar-refractivity contribution is 6.33. The first-order chi connectivity index (χ1) is 15.0. The number of fused-ring (bicyclic) bond motifs is 3. The first-order valence-corrected chi connectivity index (χ1v) is 10.9. The van der Waals surface area contributed by atoms with Crippen molar-refractivity contribution in [3.63, 3.8) is 0 Å². The number of hydrogen-bond acceptors (Lipinski definition) is 6. The summed E-state index contributed by atoms with van der Waals surface area (Å²) in [4.78, 5) is 9.54. The summed E-state index contributed by atoms with van der Waals surface area (Å²) < 4.78 is 7.75. The van der Waals surface area contributed by atoms with Gasteiger partial charge in [0.25, 0.3) is 0 Å². The van der Waals surface area contributed by atoms with Crippen molar-refractivity contribution in [1.82, 2.24) is 24.5 Å². The molecule has 8 heteroatoms. The molecule has 0 atom stereocenters. The molecular weight excluding hydrogens is 412 g/mol. The predicted molar refractivity (Wildman–Crippen MR) is 124 cm³/mol. The summed E-state index contributed by atoms with van der Waals surface area (Å²) in [6.07, 6.45) is 0. The van der Waals surface area contributed by atoms with Gasteiger partial charge in [-0.05, 0) is 57.3 Å². The number of hydrogen-bond donors (Lipinski definition) is 0. The molecule has 0 radical (unpaired) electrons. The van der Waals surface area contributed by atoms with E-state index < -0.39 is 0 Å². The molecule has 3 heterocycles. The van der Waals surface area contributed by atoms with Crippen LogP contribution in [0.1, 0.15) is 12.6 Å². The Morgan fingerprint density at radius 3 is 2.61 bits per heavy atom. The number of ether oxygens (including phenoxy) is 1. The van der Waals surface area contributed by atoms with Crippen LogP contribution in [0.25, 0.3) is 28.1 Å². The molecule has 2 aromatic heterocycles. The minimum Gasteiger partial charge on any atom is -0.494 e. The van der Waals surface area contributed by atoms with Crippen LogP contribution in [0.4, 0.5) is 5.69 Å². The minimum atomic E-state index is 0.585. The molecule has 0 unspecified atom stereocenters. The number of rotatable bonds is 4. The van der Waals surface area contributed by atoms with Gasteiger partial charge in [0.15, 0.2) is 11.5 Å². The van der Waals surface area contributed by atoms with Gasteiger partial charge in [0, 0.05) is 37.4 Å².